The Kier molecular flexibility index (Phi) is 2.07. The van der Waals surface area contributed by atoms with Gasteiger partial charge in [0.2, 0.25) is 0 Å². The molecule has 0 saturated carbocycles. The van der Waals surface area contributed by atoms with Gasteiger partial charge in [-0.3, -0.25) is 0 Å². The molecular weight excluding hydrogens is 180 g/mol. The van der Waals surface area contributed by atoms with E-state index in [0.29, 0.717) is 12.1 Å². The number of cyclic esters (lactones) is 1. The van der Waals surface area contributed by atoms with Crippen molar-refractivity contribution in [3.63, 3.8) is 0 Å². The first-order valence-electron chi connectivity index (χ1n) is 4.24. The second-order valence-electron chi connectivity index (χ2n) is 3.01. The van der Waals surface area contributed by atoms with Crippen molar-refractivity contribution in [1.82, 2.24) is 5.32 Å². The molecule has 1 saturated heterocycles. The maximum atomic E-state index is 10.8. The molecule has 1 fully saturated rings. The monoisotopic (exact) mass is 188 g/mol. The molecule has 0 bridgehead atoms. The van der Waals surface area contributed by atoms with Gasteiger partial charge in [0.1, 0.15) is 6.10 Å². The van der Waals surface area contributed by atoms with E-state index in [2.05, 4.69) is 5.32 Å². The van der Waals surface area contributed by atoms with Gasteiger partial charge < -0.3 is 10.1 Å². The summed E-state index contributed by atoms with van der Waals surface area (Å²) in [6.07, 6.45) is -0.673. The van der Waals surface area contributed by atoms with E-state index in [4.69, 9.17) is 10.00 Å². The molecule has 0 aromatic heterocycles. The summed E-state index contributed by atoms with van der Waals surface area (Å²) in [5, 5.41) is 11.2. The Morgan fingerprint density at radius 2 is 2.43 bits per heavy atom. The number of carbonyl (C=O) groups is 1. The first-order valence-corrected chi connectivity index (χ1v) is 4.24. The molecule has 2 rings (SSSR count). The molecule has 4 heteroatoms. The van der Waals surface area contributed by atoms with Gasteiger partial charge in [-0.05, 0) is 17.7 Å². The number of alkyl carbamates (subject to hydrolysis) is 1. The lowest BCUT2D eigenvalue weighted by molar-refractivity contribution is 0.141. The van der Waals surface area contributed by atoms with Gasteiger partial charge in [0, 0.05) is 0 Å². The van der Waals surface area contributed by atoms with Crippen molar-refractivity contribution in [3.05, 3.63) is 35.4 Å². The van der Waals surface area contributed by atoms with Gasteiger partial charge in [-0.1, -0.05) is 12.1 Å². The highest BCUT2D eigenvalue weighted by Gasteiger charge is 2.23. The quantitative estimate of drug-likeness (QED) is 0.723. The second kappa shape index (κ2) is 3.38. The molecule has 1 unspecified atom stereocenters. The minimum absolute atomic E-state index is 0.268. The number of nitriles is 1. The summed E-state index contributed by atoms with van der Waals surface area (Å²) in [5.74, 6) is 0. The molecule has 70 valence electrons. The maximum Gasteiger partial charge on any atom is 0.407 e. The van der Waals surface area contributed by atoms with Gasteiger partial charge in [0.05, 0.1) is 18.2 Å². The zero-order valence-corrected chi connectivity index (χ0v) is 7.36. The molecule has 1 aliphatic rings. The van der Waals surface area contributed by atoms with Crippen LogP contribution in [0.3, 0.4) is 0 Å². The normalized spacial score (nSPS) is 19.6. The molecule has 1 heterocycles. The van der Waals surface area contributed by atoms with Crippen LogP contribution in [0.5, 0.6) is 0 Å². The second-order valence-corrected chi connectivity index (χ2v) is 3.01. The lowest BCUT2D eigenvalue weighted by Gasteiger charge is -2.07. The molecule has 4 nitrogen and oxygen atoms in total. The molecular formula is C10H8N2O2. The van der Waals surface area contributed by atoms with E-state index in [-0.39, 0.29) is 6.10 Å². The Morgan fingerprint density at radius 3 is 3.07 bits per heavy atom. The highest BCUT2D eigenvalue weighted by molar-refractivity contribution is 5.69. The van der Waals surface area contributed by atoms with E-state index in [1.807, 2.05) is 12.1 Å². The summed E-state index contributed by atoms with van der Waals surface area (Å²) < 4.78 is 4.99. The van der Waals surface area contributed by atoms with Gasteiger partial charge in [0.15, 0.2) is 0 Å². The van der Waals surface area contributed by atoms with Crippen LogP contribution >= 0.6 is 0 Å². The average molecular weight is 188 g/mol. The summed E-state index contributed by atoms with van der Waals surface area (Å²) in [7, 11) is 0. The lowest BCUT2D eigenvalue weighted by atomic mass is 10.1. The van der Waals surface area contributed by atoms with Gasteiger partial charge in [-0.15, -0.1) is 0 Å². The van der Waals surface area contributed by atoms with Crippen LogP contribution in [-0.2, 0) is 4.74 Å². The largest absolute Gasteiger partial charge is 0.439 e. The van der Waals surface area contributed by atoms with Crippen LogP contribution in [0.1, 0.15) is 17.2 Å². The minimum Gasteiger partial charge on any atom is -0.439 e. The van der Waals surface area contributed by atoms with E-state index in [9.17, 15) is 4.79 Å². The molecule has 0 aliphatic carbocycles. The minimum atomic E-state index is -0.405. The zero-order valence-electron chi connectivity index (χ0n) is 7.36. The fraction of sp³-hybridized carbons (Fsp3) is 0.200. The van der Waals surface area contributed by atoms with E-state index in [0.717, 1.165) is 5.56 Å². The third kappa shape index (κ3) is 1.52. The first kappa shape index (κ1) is 8.57. The fourth-order valence-corrected chi connectivity index (χ4v) is 1.38. The molecule has 0 spiro atoms. The van der Waals surface area contributed by atoms with Crippen LogP contribution in [0.2, 0.25) is 0 Å². The SMILES string of the molecule is N#Cc1cccc(C2CNC(=O)O2)c1. The third-order valence-electron chi connectivity index (χ3n) is 2.07. The van der Waals surface area contributed by atoms with Crippen molar-refractivity contribution in [2.24, 2.45) is 0 Å². The van der Waals surface area contributed by atoms with Crippen LogP contribution < -0.4 is 5.32 Å². The number of nitrogens with zero attached hydrogens (tertiary/aromatic N) is 1. The van der Waals surface area contributed by atoms with E-state index in [1.165, 1.54) is 0 Å². The van der Waals surface area contributed by atoms with Crippen molar-refractivity contribution in [3.8, 4) is 6.07 Å². The van der Waals surface area contributed by atoms with Gasteiger partial charge in [-0.25, -0.2) is 4.79 Å². The van der Waals surface area contributed by atoms with Crippen LogP contribution in [0.15, 0.2) is 24.3 Å². The highest BCUT2D eigenvalue weighted by Crippen LogP contribution is 2.21. The standard InChI is InChI=1S/C10H8N2O2/c11-5-7-2-1-3-8(4-7)9-6-12-10(13)14-9/h1-4,9H,6H2,(H,12,13). The number of benzene rings is 1. The maximum absolute atomic E-state index is 10.8. The number of carbonyl (C=O) groups excluding carboxylic acids is 1. The summed E-state index contributed by atoms with van der Waals surface area (Å²) >= 11 is 0. The van der Waals surface area contributed by atoms with Gasteiger partial charge in [0.25, 0.3) is 0 Å². The van der Waals surface area contributed by atoms with Crippen LogP contribution in [0.25, 0.3) is 0 Å². The predicted octanol–water partition coefficient (Wildman–Crippen LogP) is 1.34. The van der Waals surface area contributed by atoms with Crippen molar-refractivity contribution in [2.45, 2.75) is 6.10 Å². The van der Waals surface area contributed by atoms with E-state index in [1.54, 1.807) is 18.2 Å². The lowest BCUT2D eigenvalue weighted by Crippen LogP contribution is -2.12. The Labute approximate surface area is 81.1 Å². The van der Waals surface area contributed by atoms with Crippen LogP contribution in [0.4, 0.5) is 4.79 Å². The van der Waals surface area contributed by atoms with Gasteiger partial charge in [-0.2, -0.15) is 5.26 Å². The number of rotatable bonds is 1. The zero-order chi connectivity index (χ0) is 9.97. The molecule has 14 heavy (non-hydrogen) atoms. The van der Waals surface area contributed by atoms with Crippen molar-refractivity contribution >= 4 is 6.09 Å². The Morgan fingerprint density at radius 1 is 1.57 bits per heavy atom. The molecule has 1 amide bonds. The molecule has 1 atom stereocenters. The first-order chi connectivity index (χ1) is 6.79. The van der Waals surface area contributed by atoms with E-state index >= 15 is 0 Å². The topological polar surface area (TPSA) is 62.1 Å². The molecule has 1 aromatic carbocycles. The number of amides is 1. The predicted molar refractivity (Wildman–Crippen MR) is 48.4 cm³/mol. The average Bonchev–Trinajstić information content (AvgIpc) is 2.65. The van der Waals surface area contributed by atoms with E-state index < -0.39 is 6.09 Å². The number of ether oxygens (including phenoxy) is 1. The Balaban J connectivity index is 2.24. The smallest absolute Gasteiger partial charge is 0.407 e. The molecule has 1 aliphatic heterocycles. The number of nitrogens with one attached hydrogen (secondary N) is 1. The van der Waals surface area contributed by atoms with Crippen molar-refractivity contribution in [2.75, 3.05) is 6.54 Å². The Hall–Kier alpha value is -2.02. The number of hydrogen-bond acceptors (Lipinski definition) is 3. The highest BCUT2D eigenvalue weighted by atomic mass is 16.6. The number of hydrogen-bond donors (Lipinski definition) is 1. The molecule has 1 aromatic rings. The van der Waals surface area contributed by atoms with Crippen molar-refractivity contribution < 1.29 is 9.53 Å². The summed E-state index contributed by atoms with van der Waals surface area (Å²) in [5.41, 5.74) is 1.42. The molecule has 0 radical (unpaired) electrons. The van der Waals surface area contributed by atoms with Crippen LogP contribution in [-0.4, -0.2) is 12.6 Å². The fourth-order valence-electron chi connectivity index (χ4n) is 1.38. The molecule has 1 N–H and O–H groups in total. The third-order valence-corrected chi connectivity index (χ3v) is 2.07. The summed E-state index contributed by atoms with van der Waals surface area (Å²) in [4.78, 5) is 10.8. The summed E-state index contributed by atoms with van der Waals surface area (Å²) in [6.45, 7) is 0.466. The Bertz CT molecular complexity index is 409. The van der Waals surface area contributed by atoms with Crippen molar-refractivity contribution in [1.29, 1.82) is 5.26 Å². The van der Waals surface area contributed by atoms with Gasteiger partial charge >= 0.3 is 6.09 Å². The van der Waals surface area contributed by atoms with Crippen LogP contribution in [0, 0.1) is 11.3 Å². The summed E-state index contributed by atoms with van der Waals surface area (Å²) in [6, 6.07) is 9.10.